The van der Waals surface area contributed by atoms with Crippen LogP contribution in [0.1, 0.15) is 23.6 Å². The number of anilines is 1. The van der Waals surface area contributed by atoms with Gasteiger partial charge in [-0.05, 0) is 48.2 Å². The zero-order valence-corrected chi connectivity index (χ0v) is 17.8. The highest BCUT2D eigenvalue weighted by Gasteiger charge is 2.07. The number of hydrogen-bond acceptors (Lipinski definition) is 4. The van der Waals surface area contributed by atoms with Crippen molar-refractivity contribution in [2.75, 3.05) is 33.1 Å². The number of nitrogens with zero attached hydrogens (tertiary/aromatic N) is 1. The first-order valence-corrected chi connectivity index (χ1v) is 9.49. The zero-order chi connectivity index (χ0) is 21.2. The third-order valence-electron chi connectivity index (χ3n) is 4.44. The van der Waals surface area contributed by atoms with Crippen molar-refractivity contribution in [3.63, 3.8) is 0 Å². The third-order valence-corrected chi connectivity index (χ3v) is 4.44. The number of aryl methyl sites for hydroxylation is 1. The van der Waals surface area contributed by atoms with Crippen LogP contribution in [0.25, 0.3) is 0 Å². The number of methoxy groups -OCH3 is 2. The molecular formula is C22H30N4O3. The highest BCUT2D eigenvalue weighted by atomic mass is 16.5. The van der Waals surface area contributed by atoms with E-state index in [1.54, 1.807) is 21.3 Å². The number of benzene rings is 2. The summed E-state index contributed by atoms with van der Waals surface area (Å²) in [5.74, 6) is 2.10. The monoisotopic (exact) mass is 398 g/mol. The average Bonchev–Trinajstić information content (AvgIpc) is 2.71. The fourth-order valence-electron chi connectivity index (χ4n) is 2.90. The van der Waals surface area contributed by atoms with Crippen LogP contribution in [-0.4, -0.2) is 39.7 Å². The molecular weight excluding hydrogens is 368 g/mol. The Hall–Kier alpha value is -3.22. The summed E-state index contributed by atoms with van der Waals surface area (Å²) in [6.07, 6.45) is 0.854. The Morgan fingerprint density at radius 3 is 2.38 bits per heavy atom. The van der Waals surface area contributed by atoms with E-state index in [1.165, 1.54) is 12.5 Å². The van der Waals surface area contributed by atoms with Gasteiger partial charge in [0.1, 0.15) is 11.5 Å². The molecule has 7 nitrogen and oxygen atoms in total. The minimum atomic E-state index is -0.140. The predicted molar refractivity (Wildman–Crippen MR) is 117 cm³/mol. The molecule has 0 radical (unpaired) electrons. The first kappa shape index (κ1) is 22.1. The van der Waals surface area contributed by atoms with Crippen LogP contribution < -0.4 is 25.4 Å². The summed E-state index contributed by atoms with van der Waals surface area (Å²) >= 11 is 0. The first-order valence-electron chi connectivity index (χ1n) is 9.49. The smallest absolute Gasteiger partial charge is 0.221 e. The van der Waals surface area contributed by atoms with Gasteiger partial charge in [0.05, 0.1) is 19.9 Å². The van der Waals surface area contributed by atoms with Gasteiger partial charge < -0.3 is 25.4 Å². The van der Waals surface area contributed by atoms with Crippen LogP contribution in [0.2, 0.25) is 0 Å². The molecule has 29 heavy (non-hydrogen) atoms. The number of carbonyl (C=O) groups is 1. The van der Waals surface area contributed by atoms with E-state index >= 15 is 0 Å². The summed E-state index contributed by atoms with van der Waals surface area (Å²) in [6.45, 7) is 4.81. The molecule has 0 unspecified atom stereocenters. The van der Waals surface area contributed by atoms with Crippen LogP contribution in [0.5, 0.6) is 11.5 Å². The number of ether oxygens (including phenoxy) is 2. The number of rotatable bonds is 8. The highest BCUT2D eigenvalue weighted by molar-refractivity contribution is 5.90. The molecule has 0 atom stereocenters. The highest BCUT2D eigenvalue weighted by Crippen LogP contribution is 2.25. The lowest BCUT2D eigenvalue weighted by Gasteiger charge is -2.14. The van der Waals surface area contributed by atoms with Gasteiger partial charge in [0.15, 0.2) is 5.96 Å². The Bertz CT molecular complexity index is 865. The molecule has 0 spiro atoms. The zero-order valence-electron chi connectivity index (χ0n) is 17.8. The first-order chi connectivity index (χ1) is 14.0. The third kappa shape index (κ3) is 6.71. The number of aliphatic imine (C=N–C) groups is 1. The quantitative estimate of drug-likeness (QED) is 0.470. The minimum absolute atomic E-state index is 0.140. The van der Waals surface area contributed by atoms with Crippen molar-refractivity contribution in [2.45, 2.75) is 26.8 Å². The van der Waals surface area contributed by atoms with Gasteiger partial charge in [0.25, 0.3) is 0 Å². The second-order valence-corrected chi connectivity index (χ2v) is 6.62. The topological polar surface area (TPSA) is 84.0 Å². The van der Waals surface area contributed by atoms with Crippen molar-refractivity contribution in [1.29, 1.82) is 0 Å². The summed E-state index contributed by atoms with van der Waals surface area (Å²) in [6, 6.07) is 11.9. The van der Waals surface area contributed by atoms with E-state index < -0.39 is 0 Å². The maximum absolute atomic E-state index is 11.4. The van der Waals surface area contributed by atoms with E-state index in [9.17, 15) is 4.79 Å². The molecule has 0 aromatic heterocycles. The molecule has 0 aliphatic heterocycles. The lowest BCUT2D eigenvalue weighted by atomic mass is 10.1. The van der Waals surface area contributed by atoms with Crippen LogP contribution in [0.15, 0.2) is 41.4 Å². The standard InChI is InChI=1S/C22H30N4O3/c1-15-6-7-17(13-21(15)29-5)10-11-24-22(23-3)25-14-18-8-9-20(28-4)19(12-18)26-16(2)27/h6-9,12-13H,10-11,14H2,1-5H3,(H,26,27)(H2,23,24,25). The van der Waals surface area contributed by atoms with Gasteiger partial charge in [0, 0.05) is 27.1 Å². The number of nitrogens with one attached hydrogen (secondary N) is 3. The van der Waals surface area contributed by atoms with E-state index in [1.807, 2.05) is 25.1 Å². The molecule has 0 fully saturated rings. The Morgan fingerprint density at radius 1 is 1.00 bits per heavy atom. The van der Waals surface area contributed by atoms with Crippen LogP contribution in [0, 0.1) is 6.92 Å². The van der Waals surface area contributed by atoms with Gasteiger partial charge in [-0.2, -0.15) is 0 Å². The van der Waals surface area contributed by atoms with Gasteiger partial charge in [-0.1, -0.05) is 18.2 Å². The summed E-state index contributed by atoms with van der Waals surface area (Å²) in [4.78, 5) is 15.6. The maximum Gasteiger partial charge on any atom is 0.221 e. The van der Waals surface area contributed by atoms with E-state index in [2.05, 4.69) is 39.1 Å². The Balaban J connectivity index is 1.90. The van der Waals surface area contributed by atoms with E-state index in [0.717, 1.165) is 29.8 Å². The molecule has 2 aromatic carbocycles. The lowest BCUT2D eigenvalue weighted by Crippen LogP contribution is -2.37. The van der Waals surface area contributed by atoms with Crippen molar-refractivity contribution < 1.29 is 14.3 Å². The largest absolute Gasteiger partial charge is 0.496 e. The molecule has 0 aliphatic carbocycles. The normalized spacial score (nSPS) is 11.0. The number of hydrogen-bond donors (Lipinski definition) is 3. The van der Waals surface area contributed by atoms with Gasteiger partial charge in [-0.25, -0.2) is 0 Å². The van der Waals surface area contributed by atoms with Crippen molar-refractivity contribution in [1.82, 2.24) is 10.6 Å². The van der Waals surface area contributed by atoms with Gasteiger partial charge >= 0.3 is 0 Å². The number of amides is 1. The number of carbonyl (C=O) groups excluding carboxylic acids is 1. The van der Waals surface area contributed by atoms with Crippen molar-refractivity contribution in [3.05, 3.63) is 53.1 Å². The van der Waals surface area contributed by atoms with Crippen molar-refractivity contribution in [3.8, 4) is 11.5 Å². The second kappa shape index (κ2) is 10.9. The molecule has 1 amide bonds. The Kier molecular flexibility index (Phi) is 8.33. The fraction of sp³-hybridized carbons (Fsp3) is 0.364. The molecule has 3 N–H and O–H groups in total. The van der Waals surface area contributed by atoms with Crippen LogP contribution >= 0.6 is 0 Å². The number of guanidine groups is 1. The second-order valence-electron chi connectivity index (χ2n) is 6.62. The molecule has 7 heteroatoms. The molecule has 2 rings (SSSR count). The van der Waals surface area contributed by atoms with E-state index in [0.29, 0.717) is 23.9 Å². The van der Waals surface area contributed by atoms with Gasteiger partial charge in [0.2, 0.25) is 5.91 Å². The molecule has 156 valence electrons. The summed E-state index contributed by atoms with van der Waals surface area (Å²) in [5.41, 5.74) is 3.97. The molecule has 0 heterocycles. The minimum Gasteiger partial charge on any atom is -0.496 e. The maximum atomic E-state index is 11.4. The van der Waals surface area contributed by atoms with Crippen LogP contribution in [-0.2, 0) is 17.8 Å². The molecule has 0 saturated carbocycles. The van der Waals surface area contributed by atoms with E-state index in [4.69, 9.17) is 9.47 Å². The average molecular weight is 399 g/mol. The van der Waals surface area contributed by atoms with Gasteiger partial charge in [-0.3, -0.25) is 9.79 Å². The fourth-order valence-corrected chi connectivity index (χ4v) is 2.90. The molecule has 0 bridgehead atoms. The SMILES string of the molecule is CN=C(NCCc1ccc(C)c(OC)c1)NCc1ccc(OC)c(NC(C)=O)c1. The molecule has 0 saturated heterocycles. The summed E-state index contributed by atoms with van der Waals surface area (Å²) in [7, 11) is 5.00. The molecule has 0 aliphatic rings. The van der Waals surface area contributed by atoms with Gasteiger partial charge in [-0.15, -0.1) is 0 Å². The lowest BCUT2D eigenvalue weighted by molar-refractivity contribution is -0.114. The van der Waals surface area contributed by atoms with Crippen LogP contribution in [0.4, 0.5) is 5.69 Å². The van der Waals surface area contributed by atoms with E-state index in [-0.39, 0.29) is 5.91 Å². The van der Waals surface area contributed by atoms with Crippen molar-refractivity contribution >= 4 is 17.6 Å². The van der Waals surface area contributed by atoms with Crippen molar-refractivity contribution in [2.24, 2.45) is 4.99 Å². The Morgan fingerprint density at radius 2 is 1.72 bits per heavy atom. The molecule has 2 aromatic rings. The summed E-state index contributed by atoms with van der Waals surface area (Å²) in [5, 5.41) is 9.38. The predicted octanol–water partition coefficient (Wildman–Crippen LogP) is 2.88. The Labute approximate surface area is 172 Å². The van der Waals surface area contributed by atoms with Crippen LogP contribution in [0.3, 0.4) is 0 Å². The summed E-state index contributed by atoms with van der Waals surface area (Å²) < 4.78 is 10.7.